The van der Waals surface area contributed by atoms with E-state index < -0.39 is 0 Å². The SMILES string of the molecule is CCOC(=O)c1c(NC(=O)CCN2CCC(C)CC2)sc2c1C[C@@H](C)CC2. The molecule has 1 atom stereocenters. The lowest BCUT2D eigenvalue weighted by molar-refractivity contribution is -0.116. The number of thiophene rings is 1. The van der Waals surface area contributed by atoms with Crippen molar-refractivity contribution < 1.29 is 14.3 Å². The third-order valence-corrected chi connectivity index (χ3v) is 6.98. The van der Waals surface area contributed by atoms with Crippen LogP contribution in [0.3, 0.4) is 0 Å². The van der Waals surface area contributed by atoms with E-state index in [-0.39, 0.29) is 11.9 Å². The molecule has 1 N–H and O–H groups in total. The maximum atomic E-state index is 12.5. The zero-order valence-corrected chi connectivity index (χ0v) is 17.6. The van der Waals surface area contributed by atoms with E-state index in [1.165, 1.54) is 17.7 Å². The molecule has 0 bridgehead atoms. The summed E-state index contributed by atoms with van der Waals surface area (Å²) in [4.78, 5) is 28.7. The van der Waals surface area contributed by atoms with Gasteiger partial charge in [-0.2, -0.15) is 0 Å². The summed E-state index contributed by atoms with van der Waals surface area (Å²) in [6.07, 6.45) is 5.90. The number of anilines is 1. The van der Waals surface area contributed by atoms with Gasteiger partial charge in [0.1, 0.15) is 5.00 Å². The molecule has 1 fully saturated rings. The second kappa shape index (κ2) is 9.20. The molecule has 2 aliphatic rings. The van der Waals surface area contributed by atoms with Crippen LogP contribution in [0.25, 0.3) is 0 Å². The Balaban J connectivity index is 1.66. The first kappa shape index (κ1) is 20.3. The highest BCUT2D eigenvalue weighted by Crippen LogP contribution is 2.40. The number of rotatable bonds is 6. The Labute approximate surface area is 166 Å². The first-order chi connectivity index (χ1) is 13.0. The fourth-order valence-electron chi connectivity index (χ4n) is 4.00. The van der Waals surface area contributed by atoms with Crippen molar-refractivity contribution in [1.29, 1.82) is 0 Å². The van der Waals surface area contributed by atoms with Gasteiger partial charge in [0.25, 0.3) is 0 Å². The monoisotopic (exact) mass is 392 g/mol. The van der Waals surface area contributed by atoms with Crippen LogP contribution in [-0.4, -0.2) is 43.0 Å². The van der Waals surface area contributed by atoms with Crippen LogP contribution in [0.1, 0.15) is 67.3 Å². The van der Waals surface area contributed by atoms with Crippen LogP contribution in [0.5, 0.6) is 0 Å². The van der Waals surface area contributed by atoms with Crippen LogP contribution in [-0.2, 0) is 22.4 Å². The number of esters is 1. The average Bonchev–Trinajstić information content (AvgIpc) is 2.98. The smallest absolute Gasteiger partial charge is 0.341 e. The summed E-state index contributed by atoms with van der Waals surface area (Å²) < 4.78 is 5.28. The number of aryl methyl sites for hydroxylation is 1. The van der Waals surface area contributed by atoms with E-state index in [0.29, 0.717) is 29.5 Å². The molecule has 2 heterocycles. The number of likely N-dealkylation sites (tertiary alicyclic amines) is 1. The van der Waals surface area contributed by atoms with Crippen molar-refractivity contribution in [3.63, 3.8) is 0 Å². The molecule has 0 saturated carbocycles. The summed E-state index contributed by atoms with van der Waals surface area (Å²) in [5.41, 5.74) is 1.70. The Hall–Kier alpha value is -1.40. The molecule has 1 amide bonds. The van der Waals surface area contributed by atoms with Crippen molar-refractivity contribution in [2.45, 2.75) is 59.3 Å². The van der Waals surface area contributed by atoms with Crippen molar-refractivity contribution >= 4 is 28.2 Å². The Morgan fingerprint density at radius 2 is 1.93 bits per heavy atom. The predicted octanol–water partition coefficient (Wildman–Crippen LogP) is 4.11. The molecule has 3 rings (SSSR count). The minimum Gasteiger partial charge on any atom is -0.462 e. The molecule has 27 heavy (non-hydrogen) atoms. The molecule has 6 heteroatoms. The number of ether oxygens (including phenoxy) is 1. The van der Waals surface area contributed by atoms with Crippen LogP contribution in [0.2, 0.25) is 0 Å². The minimum absolute atomic E-state index is 0.00850. The zero-order chi connectivity index (χ0) is 19.4. The largest absolute Gasteiger partial charge is 0.462 e. The molecule has 150 valence electrons. The van der Waals surface area contributed by atoms with E-state index >= 15 is 0 Å². The number of carbonyl (C=O) groups excluding carboxylic acids is 2. The van der Waals surface area contributed by atoms with E-state index in [0.717, 1.165) is 50.4 Å². The fraction of sp³-hybridized carbons (Fsp3) is 0.714. The zero-order valence-electron chi connectivity index (χ0n) is 16.8. The van der Waals surface area contributed by atoms with E-state index in [4.69, 9.17) is 4.74 Å². The first-order valence-corrected chi connectivity index (χ1v) is 11.1. The summed E-state index contributed by atoms with van der Waals surface area (Å²) in [7, 11) is 0. The highest BCUT2D eigenvalue weighted by molar-refractivity contribution is 7.17. The molecule has 1 saturated heterocycles. The van der Waals surface area contributed by atoms with Crippen LogP contribution in [0, 0.1) is 11.8 Å². The third-order valence-electron chi connectivity index (χ3n) is 5.77. The van der Waals surface area contributed by atoms with Gasteiger partial charge in [0.2, 0.25) is 5.91 Å². The molecule has 1 aliphatic heterocycles. The lowest BCUT2D eigenvalue weighted by Crippen LogP contribution is -2.35. The average molecular weight is 393 g/mol. The van der Waals surface area contributed by atoms with Gasteiger partial charge in [-0.1, -0.05) is 13.8 Å². The van der Waals surface area contributed by atoms with Crippen LogP contribution in [0.15, 0.2) is 0 Å². The fourth-order valence-corrected chi connectivity index (χ4v) is 5.25. The van der Waals surface area contributed by atoms with Crippen molar-refractivity contribution in [1.82, 2.24) is 4.90 Å². The molecule has 5 nitrogen and oxygen atoms in total. The van der Waals surface area contributed by atoms with E-state index in [9.17, 15) is 9.59 Å². The normalized spacial score (nSPS) is 20.9. The van der Waals surface area contributed by atoms with Gasteiger partial charge in [-0.25, -0.2) is 4.79 Å². The number of fused-ring (bicyclic) bond motifs is 1. The van der Waals surface area contributed by atoms with Gasteiger partial charge in [0.05, 0.1) is 12.2 Å². The van der Waals surface area contributed by atoms with Gasteiger partial charge in [0.15, 0.2) is 0 Å². The van der Waals surface area contributed by atoms with Gasteiger partial charge >= 0.3 is 5.97 Å². The molecule has 0 unspecified atom stereocenters. The molecule has 1 aliphatic carbocycles. The van der Waals surface area contributed by atoms with Crippen molar-refractivity contribution in [3.8, 4) is 0 Å². The number of carbonyl (C=O) groups is 2. The summed E-state index contributed by atoms with van der Waals surface area (Å²) in [5, 5.41) is 3.71. The summed E-state index contributed by atoms with van der Waals surface area (Å²) in [6.45, 7) is 9.61. The quantitative estimate of drug-likeness (QED) is 0.740. The molecular formula is C21H32N2O3S. The summed E-state index contributed by atoms with van der Waals surface area (Å²) >= 11 is 1.56. The number of hydrogen-bond donors (Lipinski definition) is 1. The van der Waals surface area contributed by atoms with Crippen molar-refractivity contribution in [2.75, 3.05) is 31.6 Å². The molecule has 1 aromatic heterocycles. The number of nitrogens with one attached hydrogen (secondary N) is 1. The first-order valence-electron chi connectivity index (χ1n) is 10.3. The molecule has 0 radical (unpaired) electrons. The molecule has 0 aromatic carbocycles. The molecular weight excluding hydrogens is 360 g/mol. The Kier molecular flexibility index (Phi) is 6.93. The van der Waals surface area contributed by atoms with Gasteiger partial charge in [0, 0.05) is 17.8 Å². The lowest BCUT2D eigenvalue weighted by atomic mass is 9.88. The molecule has 0 spiro atoms. The maximum absolute atomic E-state index is 12.5. The topological polar surface area (TPSA) is 58.6 Å². The summed E-state index contributed by atoms with van der Waals surface area (Å²) in [5.74, 6) is 1.04. The highest BCUT2D eigenvalue weighted by Gasteiger charge is 2.29. The Morgan fingerprint density at radius 1 is 1.19 bits per heavy atom. The van der Waals surface area contributed by atoms with E-state index in [2.05, 4.69) is 24.1 Å². The number of piperidine rings is 1. The number of amides is 1. The van der Waals surface area contributed by atoms with E-state index in [1.54, 1.807) is 11.3 Å². The van der Waals surface area contributed by atoms with Crippen molar-refractivity contribution in [2.24, 2.45) is 11.8 Å². The predicted molar refractivity (Wildman–Crippen MR) is 110 cm³/mol. The second-order valence-corrected chi connectivity index (χ2v) is 9.20. The van der Waals surface area contributed by atoms with Crippen LogP contribution < -0.4 is 5.32 Å². The van der Waals surface area contributed by atoms with Gasteiger partial charge in [-0.15, -0.1) is 11.3 Å². The lowest BCUT2D eigenvalue weighted by Gasteiger charge is -2.29. The highest BCUT2D eigenvalue weighted by atomic mass is 32.1. The Bertz CT molecular complexity index is 677. The van der Waals surface area contributed by atoms with Crippen molar-refractivity contribution in [3.05, 3.63) is 16.0 Å². The van der Waals surface area contributed by atoms with Crippen LogP contribution in [0.4, 0.5) is 5.00 Å². The van der Waals surface area contributed by atoms with Crippen LogP contribution >= 0.6 is 11.3 Å². The second-order valence-electron chi connectivity index (χ2n) is 8.10. The number of hydrogen-bond acceptors (Lipinski definition) is 5. The standard InChI is InChI=1S/C21H32N2O3S/c1-4-26-21(25)19-16-13-15(3)5-6-17(16)27-20(19)22-18(24)9-12-23-10-7-14(2)8-11-23/h14-15H,4-13H2,1-3H3,(H,22,24)/t15-/m0/s1. The Morgan fingerprint density at radius 3 is 2.63 bits per heavy atom. The summed E-state index contributed by atoms with van der Waals surface area (Å²) in [6, 6.07) is 0. The number of nitrogens with zero attached hydrogens (tertiary/aromatic N) is 1. The van der Waals surface area contributed by atoms with Gasteiger partial charge in [-0.05, 0) is 69.5 Å². The third kappa shape index (κ3) is 5.11. The molecule has 1 aromatic rings. The van der Waals surface area contributed by atoms with Gasteiger partial charge in [-0.3, -0.25) is 4.79 Å². The minimum atomic E-state index is -0.301. The van der Waals surface area contributed by atoms with Gasteiger partial charge < -0.3 is 15.0 Å². The van der Waals surface area contributed by atoms with E-state index in [1.807, 2.05) is 6.92 Å². The maximum Gasteiger partial charge on any atom is 0.341 e.